The van der Waals surface area contributed by atoms with E-state index < -0.39 is 0 Å². The molecule has 0 atom stereocenters. The quantitative estimate of drug-likeness (QED) is 0.172. The van der Waals surface area contributed by atoms with Gasteiger partial charge < -0.3 is 13.9 Å². The lowest BCUT2D eigenvalue weighted by atomic mass is 9.98. The van der Waals surface area contributed by atoms with E-state index in [1.807, 2.05) is 6.07 Å². The highest BCUT2D eigenvalue weighted by atomic mass is 16.3. The lowest BCUT2D eigenvalue weighted by molar-refractivity contribution is 0.670. The van der Waals surface area contributed by atoms with Crippen LogP contribution >= 0.6 is 0 Å². The Hall–Kier alpha value is -7.36. The molecule has 11 rings (SSSR count). The van der Waals surface area contributed by atoms with E-state index in [1.54, 1.807) is 0 Å². The summed E-state index contributed by atoms with van der Waals surface area (Å²) >= 11 is 0. The lowest BCUT2D eigenvalue weighted by Crippen LogP contribution is -2.12. The first-order valence-corrected chi connectivity index (χ1v) is 18.8. The van der Waals surface area contributed by atoms with Crippen LogP contribution in [-0.2, 0) is 0 Å². The standard InChI is InChI=1S/C52H34N2O/c1-2-14-37-33-38(28-27-35(37)13-1)36-29-31-39(32-30-36)53(40-15-11-16-41(34-40)54-49-24-8-3-17-42(49)43-18-4-9-25-50(43)54)48-23-7-5-19-44(48)46-21-12-22-47-45-20-6-10-26-51(45)55-52(46)47/h1-34H. The fraction of sp³-hybridized carbons (Fsp3) is 0. The molecular weight excluding hydrogens is 669 g/mol. The average Bonchev–Trinajstić information content (AvgIpc) is 3.80. The molecule has 9 aromatic carbocycles. The predicted octanol–water partition coefficient (Wildman–Crippen LogP) is 14.6. The molecule has 0 saturated carbocycles. The molecule has 0 aliphatic rings. The summed E-state index contributed by atoms with van der Waals surface area (Å²) in [6, 6.07) is 74.0. The van der Waals surface area contributed by atoms with Crippen LogP contribution in [0.25, 0.3) is 82.5 Å². The molecule has 0 N–H and O–H groups in total. The van der Waals surface area contributed by atoms with E-state index in [2.05, 4.69) is 210 Å². The number of furan rings is 1. The van der Waals surface area contributed by atoms with Crippen molar-refractivity contribution in [2.45, 2.75) is 0 Å². The Morgan fingerprint density at radius 2 is 1.00 bits per heavy atom. The summed E-state index contributed by atoms with van der Waals surface area (Å²) in [6.45, 7) is 0. The van der Waals surface area contributed by atoms with Gasteiger partial charge in [0, 0.05) is 49.7 Å². The molecule has 0 bridgehead atoms. The van der Waals surface area contributed by atoms with Crippen molar-refractivity contribution in [3.8, 4) is 27.9 Å². The third kappa shape index (κ3) is 5.13. The van der Waals surface area contributed by atoms with Crippen LogP contribution in [0, 0.1) is 0 Å². The molecule has 55 heavy (non-hydrogen) atoms. The van der Waals surface area contributed by atoms with Crippen molar-refractivity contribution >= 4 is 71.6 Å². The highest BCUT2D eigenvalue weighted by molar-refractivity contribution is 6.11. The summed E-state index contributed by atoms with van der Waals surface area (Å²) in [5, 5.41) is 7.21. The zero-order chi connectivity index (χ0) is 36.3. The van der Waals surface area contributed by atoms with E-state index >= 15 is 0 Å². The average molecular weight is 703 g/mol. The van der Waals surface area contributed by atoms with Crippen LogP contribution in [0.4, 0.5) is 17.1 Å². The highest BCUT2D eigenvalue weighted by Crippen LogP contribution is 2.45. The van der Waals surface area contributed by atoms with E-state index in [1.165, 1.54) is 43.7 Å². The van der Waals surface area contributed by atoms with Gasteiger partial charge in [-0.05, 0) is 82.6 Å². The Balaban J connectivity index is 1.12. The van der Waals surface area contributed by atoms with E-state index in [-0.39, 0.29) is 0 Å². The Labute approximate surface area is 318 Å². The van der Waals surface area contributed by atoms with Crippen LogP contribution in [0.5, 0.6) is 0 Å². The SMILES string of the molecule is c1cc(N(c2ccc(-c3ccc4ccccc4c3)cc2)c2ccccc2-c2cccc3c2oc2ccccc23)cc(-n2c3ccccc3c3ccccc32)c1. The number of hydrogen-bond acceptors (Lipinski definition) is 2. The second-order valence-electron chi connectivity index (χ2n) is 14.1. The first-order chi connectivity index (χ1) is 27.3. The van der Waals surface area contributed by atoms with Gasteiger partial charge in [-0.25, -0.2) is 0 Å². The van der Waals surface area contributed by atoms with Crippen molar-refractivity contribution in [3.05, 3.63) is 206 Å². The number of benzene rings is 9. The van der Waals surface area contributed by atoms with Crippen molar-refractivity contribution in [1.29, 1.82) is 0 Å². The van der Waals surface area contributed by atoms with Crippen LogP contribution in [0.1, 0.15) is 0 Å². The Morgan fingerprint density at radius 1 is 0.382 bits per heavy atom. The maximum Gasteiger partial charge on any atom is 0.143 e. The third-order valence-corrected chi connectivity index (χ3v) is 11.0. The zero-order valence-electron chi connectivity index (χ0n) is 29.9. The van der Waals surface area contributed by atoms with Gasteiger partial charge in [0.05, 0.1) is 16.7 Å². The van der Waals surface area contributed by atoms with Crippen LogP contribution in [-0.4, -0.2) is 4.57 Å². The van der Waals surface area contributed by atoms with Gasteiger partial charge >= 0.3 is 0 Å². The first kappa shape index (κ1) is 31.2. The minimum atomic E-state index is 0.891. The first-order valence-electron chi connectivity index (χ1n) is 18.8. The number of hydrogen-bond donors (Lipinski definition) is 0. The summed E-state index contributed by atoms with van der Waals surface area (Å²) in [5.74, 6) is 0. The van der Waals surface area contributed by atoms with Gasteiger partial charge in [-0.2, -0.15) is 0 Å². The Morgan fingerprint density at radius 3 is 1.82 bits per heavy atom. The van der Waals surface area contributed by atoms with E-state index in [4.69, 9.17) is 4.42 Å². The molecule has 0 spiro atoms. The lowest BCUT2D eigenvalue weighted by Gasteiger charge is -2.28. The number of rotatable bonds is 6. The minimum absolute atomic E-state index is 0.891. The molecule has 3 nitrogen and oxygen atoms in total. The van der Waals surface area contributed by atoms with Gasteiger partial charge in [0.1, 0.15) is 11.2 Å². The van der Waals surface area contributed by atoms with Crippen molar-refractivity contribution in [3.63, 3.8) is 0 Å². The summed E-state index contributed by atoms with van der Waals surface area (Å²) in [6.07, 6.45) is 0. The Bertz CT molecular complexity index is 3170. The van der Waals surface area contributed by atoms with Gasteiger partial charge in [0.25, 0.3) is 0 Å². The van der Waals surface area contributed by atoms with Gasteiger partial charge in [-0.3, -0.25) is 0 Å². The van der Waals surface area contributed by atoms with E-state index in [0.717, 1.165) is 55.8 Å². The molecule has 0 saturated heterocycles. The summed E-state index contributed by atoms with van der Waals surface area (Å²) in [7, 11) is 0. The second-order valence-corrected chi connectivity index (χ2v) is 14.1. The fourth-order valence-electron chi connectivity index (χ4n) is 8.43. The molecule has 0 aliphatic heterocycles. The molecule has 11 aromatic rings. The van der Waals surface area contributed by atoms with Crippen LogP contribution in [0.15, 0.2) is 211 Å². The predicted molar refractivity (Wildman–Crippen MR) is 231 cm³/mol. The molecule has 2 heterocycles. The maximum atomic E-state index is 6.61. The molecule has 0 aliphatic carbocycles. The molecule has 0 fully saturated rings. The molecule has 0 amide bonds. The van der Waals surface area contributed by atoms with Gasteiger partial charge in [-0.15, -0.1) is 0 Å². The second kappa shape index (κ2) is 12.6. The molecule has 0 radical (unpaired) electrons. The van der Waals surface area contributed by atoms with Crippen LogP contribution in [0.2, 0.25) is 0 Å². The molecule has 3 heteroatoms. The van der Waals surface area contributed by atoms with Gasteiger partial charge in [0.2, 0.25) is 0 Å². The Kier molecular flexibility index (Phi) is 7.17. The van der Waals surface area contributed by atoms with Crippen molar-refractivity contribution in [2.75, 3.05) is 4.90 Å². The van der Waals surface area contributed by atoms with Gasteiger partial charge in [-0.1, -0.05) is 146 Å². The number of nitrogens with zero attached hydrogens (tertiary/aromatic N) is 2. The molecule has 0 unspecified atom stereocenters. The van der Waals surface area contributed by atoms with Gasteiger partial charge in [0.15, 0.2) is 0 Å². The van der Waals surface area contributed by atoms with E-state index in [9.17, 15) is 0 Å². The normalized spacial score (nSPS) is 11.6. The molecular formula is C52H34N2O. The van der Waals surface area contributed by atoms with Crippen LogP contribution in [0.3, 0.4) is 0 Å². The van der Waals surface area contributed by atoms with Crippen LogP contribution < -0.4 is 4.90 Å². The number of para-hydroxylation sites is 5. The fourth-order valence-corrected chi connectivity index (χ4v) is 8.43. The molecule has 2 aromatic heterocycles. The zero-order valence-corrected chi connectivity index (χ0v) is 29.9. The highest BCUT2D eigenvalue weighted by Gasteiger charge is 2.21. The maximum absolute atomic E-state index is 6.61. The number of fused-ring (bicyclic) bond motifs is 7. The molecule has 258 valence electrons. The summed E-state index contributed by atoms with van der Waals surface area (Å²) < 4.78 is 8.99. The van der Waals surface area contributed by atoms with Crippen molar-refractivity contribution < 1.29 is 4.42 Å². The summed E-state index contributed by atoms with van der Waals surface area (Å²) in [5.41, 5.74) is 13.0. The summed E-state index contributed by atoms with van der Waals surface area (Å²) in [4.78, 5) is 2.39. The van der Waals surface area contributed by atoms with E-state index in [0.29, 0.717) is 0 Å². The number of anilines is 3. The largest absolute Gasteiger partial charge is 0.455 e. The topological polar surface area (TPSA) is 21.3 Å². The smallest absolute Gasteiger partial charge is 0.143 e. The number of aromatic nitrogens is 1. The minimum Gasteiger partial charge on any atom is -0.455 e. The third-order valence-electron chi connectivity index (χ3n) is 11.0. The van der Waals surface area contributed by atoms with Crippen molar-refractivity contribution in [1.82, 2.24) is 4.57 Å². The monoisotopic (exact) mass is 702 g/mol. The van der Waals surface area contributed by atoms with Crippen molar-refractivity contribution in [2.24, 2.45) is 0 Å².